The Hall–Kier alpha value is -4.66. The van der Waals surface area contributed by atoms with Crippen LogP contribution in [0, 0.1) is 0 Å². The Morgan fingerprint density at radius 2 is 1.67 bits per heavy atom. The van der Waals surface area contributed by atoms with Crippen LogP contribution >= 0.6 is 0 Å². The maximum Gasteiger partial charge on any atom is 0.416 e. The molecule has 0 bridgehead atoms. The van der Waals surface area contributed by atoms with Crippen LogP contribution < -0.4 is 15.2 Å². The Labute approximate surface area is 245 Å². The first kappa shape index (κ1) is 28.9. The summed E-state index contributed by atoms with van der Waals surface area (Å²) in [5.74, 6) is 1.16. The molecule has 0 aliphatic heterocycles. The number of fused-ring (bicyclic) bond motifs is 3. The summed E-state index contributed by atoms with van der Waals surface area (Å²) in [6.45, 7) is 11.8. The molecule has 42 heavy (non-hydrogen) atoms. The third-order valence-corrected chi connectivity index (χ3v) is 6.80. The lowest BCUT2D eigenvalue weighted by molar-refractivity contribution is 0.0549. The maximum atomic E-state index is 13.7. The van der Waals surface area contributed by atoms with Crippen molar-refractivity contribution in [1.29, 1.82) is 0 Å². The van der Waals surface area contributed by atoms with Crippen LogP contribution in [0.2, 0.25) is 0 Å². The summed E-state index contributed by atoms with van der Waals surface area (Å²) in [4.78, 5) is 33.1. The number of carbonyl (C=O) groups excluding carboxylic acids is 1. The van der Waals surface area contributed by atoms with Crippen molar-refractivity contribution in [1.82, 2.24) is 19.3 Å². The highest BCUT2D eigenvalue weighted by molar-refractivity contribution is 6.07. The van der Waals surface area contributed by atoms with Gasteiger partial charge in [-0.2, -0.15) is 5.10 Å². The molecule has 5 aromatic rings. The molecule has 218 valence electrons. The zero-order valence-corrected chi connectivity index (χ0v) is 25.2. The van der Waals surface area contributed by atoms with E-state index in [0.29, 0.717) is 23.6 Å². The second-order valence-corrected chi connectivity index (χ2v) is 12.4. The number of ether oxygens (including phenoxy) is 2. The lowest BCUT2D eigenvalue weighted by Gasteiger charge is -2.36. The van der Waals surface area contributed by atoms with Crippen molar-refractivity contribution in [2.75, 3.05) is 4.90 Å². The van der Waals surface area contributed by atoms with Crippen molar-refractivity contribution in [3.63, 3.8) is 0 Å². The van der Waals surface area contributed by atoms with Gasteiger partial charge in [-0.05, 0) is 71.4 Å². The van der Waals surface area contributed by atoms with E-state index in [-0.39, 0.29) is 12.1 Å². The second kappa shape index (κ2) is 11.0. The number of pyridine rings is 1. The molecule has 5 rings (SSSR count). The van der Waals surface area contributed by atoms with Gasteiger partial charge in [0.05, 0.1) is 24.0 Å². The summed E-state index contributed by atoms with van der Waals surface area (Å²) < 4.78 is 15.0. The molecular formula is C33H37N5O4. The average Bonchev–Trinajstić information content (AvgIpc) is 3.20. The fourth-order valence-electron chi connectivity index (χ4n) is 4.93. The molecular weight excluding hydrogens is 530 g/mol. The Morgan fingerprint density at radius 1 is 0.929 bits per heavy atom. The quantitative estimate of drug-likeness (QED) is 0.234. The van der Waals surface area contributed by atoms with Crippen molar-refractivity contribution < 1.29 is 14.3 Å². The lowest BCUT2D eigenvalue weighted by Crippen LogP contribution is -2.48. The Bertz CT molecular complexity index is 1810. The molecule has 1 amide bonds. The first-order valence-electron chi connectivity index (χ1n) is 14.0. The van der Waals surface area contributed by atoms with Gasteiger partial charge in [0.15, 0.2) is 0 Å². The number of rotatable bonds is 6. The van der Waals surface area contributed by atoms with Gasteiger partial charge in [-0.1, -0.05) is 36.4 Å². The van der Waals surface area contributed by atoms with Crippen LogP contribution in [0.15, 0.2) is 77.7 Å². The highest BCUT2D eigenvalue weighted by Crippen LogP contribution is 2.29. The Morgan fingerprint density at radius 3 is 2.36 bits per heavy atom. The molecule has 0 saturated heterocycles. The van der Waals surface area contributed by atoms with Crippen LogP contribution in [0.25, 0.3) is 21.8 Å². The highest BCUT2D eigenvalue weighted by Gasteiger charge is 2.33. The van der Waals surface area contributed by atoms with Crippen LogP contribution in [0.5, 0.6) is 5.75 Å². The van der Waals surface area contributed by atoms with E-state index in [1.807, 2.05) is 114 Å². The van der Waals surface area contributed by atoms with Gasteiger partial charge in [-0.25, -0.2) is 14.5 Å². The molecule has 9 heteroatoms. The van der Waals surface area contributed by atoms with E-state index >= 15 is 0 Å². The SMILES string of the molecule is Cn1c2cc(OCc3ccccc3)ccc2c2cnn(Cc3cccc(N(C(=O)OC(C)(C)C)C(C)(C)C)n3)c(=O)c21. The number of nitrogens with zero attached hydrogens (tertiary/aromatic N) is 5. The summed E-state index contributed by atoms with van der Waals surface area (Å²) in [6.07, 6.45) is 1.23. The van der Waals surface area contributed by atoms with Crippen molar-refractivity contribution in [2.24, 2.45) is 7.05 Å². The van der Waals surface area contributed by atoms with E-state index < -0.39 is 17.2 Å². The monoisotopic (exact) mass is 567 g/mol. The number of aromatic nitrogens is 4. The number of hydrogen-bond acceptors (Lipinski definition) is 6. The first-order valence-corrected chi connectivity index (χ1v) is 14.0. The first-order chi connectivity index (χ1) is 19.8. The zero-order chi connectivity index (χ0) is 30.2. The van der Waals surface area contributed by atoms with E-state index in [4.69, 9.17) is 14.5 Å². The van der Waals surface area contributed by atoms with E-state index in [2.05, 4.69) is 5.10 Å². The molecule has 0 aliphatic rings. The molecule has 0 fully saturated rings. The van der Waals surface area contributed by atoms with E-state index in [0.717, 1.165) is 27.6 Å². The van der Waals surface area contributed by atoms with Gasteiger partial charge in [-0.15, -0.1) is 0 Å². The van der Waals surface area contributed by atoms with Crippen LogP contribution in [0.4, 0.5) is 10.6 Å². The van der Waals surface area contributed by atoms with E-state index in [1.165, 1.54) is 9.58 Å². The van der Waals surface area contributed by atoms with Crippen LogP contribution in [-0.2, 0) is 24.9 Å². The Balaban J connectivity index is 1.45. The largest absolute Gasteiger partial charge is 0.489 e. The summed E-state index contributed by atoms with van der Waals surface area (Å²) >= 11 is 0. The average molecular weight is 568 g/mol. The summed E-state index contributed by atoms with van der Waals surface area (Å²) in [6, 6.07) is 21.2. The minimum Gasteiger partial charge on any atom is -0.489 e. The molecule has 2 aromatic carbocycles. The van der Waals surface area contributed by atoms with Crippen molar-refractivity contribution in [2.45, 2.75) is 65.8 Å². The fraction of sp³-hybridized carbons (Fsp3) is 0.333. The standard InChI is InChI=1S/C33H37N5O4/c1-32(2,3)38(31(40)42-33(4,5)6)28-15-11-14-23(35-28)20-37-30(39)29-26(19-34-37)25-17-16-24(18-27(25)36(29)7)41-21-22-12-9-8-10-13-22/h8-19H,20-21H2,1-7H3. The zero-order valence-electron chi connectivity index (χ0n) is 25.2. The highest BCUT2D eigenvalue weighted by atomic mass is 16.6. The molecule has 3 aromatic heterocycles. The number of amides is 1. The third-order valence-electron chi connectivity index (χ3n) is 6.80. The van der Waals surface area contributed by atoms with Gasteiger partial charge in [0.1, 0.15) is 29.3 Å². The minimum atomic E-state index is -0.655. The lowest BCUT2D eigenvalue weighted by atomic mass is 10.1. The van der Waals surface area contributed by atoms with Gasteiger partial charge in [-0.3, -0.25) is 9.69 Å². The predicted molar refractivity (Wildman–Crippen MR) is 165 cm³/mol. The summed E-state index contributed by atoms with van der Waals surface area (Å²) in [5, 5.41) is 6.18. The molecule has 0 spiro atoms. The topological polar surface area (TPSA) is 91.5 Å². The van der Waals surface area contributed by atoms with Gasteiger partial charge in [0, 0.05) is 29.4 Å². The molecule has 0 N–H and O–H groups in total. The van der Waals surface area contributed by atoms with E-state index in [9.17, 15) is 9.59 Å². The Kier molecular flexibility index (Phi) is 7.53. The predicted octanol–water partition coefficient (Wildman–Crippen LogP) is 6.45. The number of hydrogen-bond donors (Lipinski definition) is 0. The summed E-state index contributed by atoms with van der Waals surface area (Å²) in [7, 11) is 1.87. The molecule has 0 atom stereocenters. The number of carbonyl (C=O) groups is 1. The van der Waals surface area contributed by atoms with Gasteiger partial charge >= 0.3 is 6.09 Å². The van der Waals surface area contributed by atoms with Gasteiger partial charge < -0.3 is 14.0 Å². The van der Waals surface area contributed by atoms with Crippen molar-refractivity contribution >= 4 is 33.7 Å². The maximum absolute atomic E-state index is 13.7. The molecule has 0 saturated carbocycles. The smallest absolute Gasteiger partial charge is 0.416 e. The molecule has 9 nitrogen and oxygen atoms in total. The molecule has 3 heterocycles. The van der Waals surface area contributed by atoms with Crippen LogP contribution in [0.3, 0.4) is 0 Å². The number of anilines is 1. The van der Waals surface area contributed by atoms with Gasteiger partial charge in [0.2, 0.25) is 0 Å². The van der Waals surface area contributed by atoms with Crippen LogP contribution in [-0.4, -0.2) is 36.6 Å². The van der Waals surface area contributed by atoms with Gasteiger partial charge in [0.25, 0.3) is 5.56 Å². The third kappa shape index (κ3) is 6.00. The van der Waals surface area contributed by atoms with Crippen molar-refractivity contribution in [3.05, 3.63) is 94.5 Å². The van der Waals surface area contributed by atoms with E-state index in [1.54, 1.807) is 12.3 Å². The molecule has 0 radical (unpaired) electrons. The number of benzene rings is 2. The fourth-order valence-corrected chi connectivity index (χ4v) is 4.93. The summed E-state index contributed by atoms with van der Waals surface area (Å²) in [5.41, 5.74) is 1.62. The van der Waals surface area contributed by atoms with Crippen molar-refractivity contribution in [3.8, 4) is 5.75 Å². The second-order valence-electron chi connectivity index (χ2n) is 12.4. The van der Waals surface area contributed by atoms with Crippen LogP contribution in [0.1, 0.15) is 52.8 Å². The molecule has 0 unspecified atom stereocenters. The minimum absolute atomic E-state index is 0.141. The number of aryl methyl sites for hydroxylation is 1. The normalized spacial score (nSPS) is 12.1. The molecule has 0 aliphatic carbocycles.